The number of hydrogen-bond donors (Lipinski definition) is 1. The fraction of sp³-hybridized carbons (Fsp3) is 0.0870. The summed E-state index contributed by atoms with van der Waals surface area (Å²) in [5.74, 6) is -0.0588. The van der Waals surface area contributed by atoms with E-state index in [1.807, 2.05) is 36.2 Å². The minimum Gasteiger partial charge on any atom is -0.384 e. The number of carbonyl (C=O) groups is 1. The highest BCUT2D eigenvalue weighted by Crippen LogP contribution is 2.40. The first-order chi connectivity index (χ1) is 14.9. The second-order valence-electron chi connectivity index (χ2n) is 7.07. The molecule has 2 aromatic carbocycles. The number of nitrogen functional groups attached to an aromatic ring is 1. The number of nitrogens with two attached hydrogens (primary N) is 1. The van der Waals surface area contributed by atoms with Gasteiger partial charge in [-0.15, -0.1) is 0 Å². The molecule has 0 spiro atoms. The van der Waals surface area contributed by atoms with Gasteiger partial charge in [-0.05, 0) is 48.0 Å². The molecule has 6 nitrogen and oxygen atoms in total. The van der Waals surface area contributed by atoms with Crippen molar-refractivity contribution in [1.82, 2.24) is 9.97 Å². The van der Waals surface area contributed by atoms with Gasteiger partial charge in [0.2, 0.25) is 6.41 Å². The fourth-order valence-corrected chi connectivity index (χ4v) is 3.59. The molecule has 156 valence electrons. The van der Waals surface area contributed by atoms with E-state index in [0.29, 0.717) is 23.6 Å². The molecule has 0 aliphatic heterocycles. The molecule has 0 aliphatic carbocycles. The molecule has 4 aromatic rings. The van der Waals surface area contributed by atoms with Crippen molar-refractivity contribution in [2.24, 2.45) is 0 Å². The van der Waals surface area contributed by atoms with Crippen LogP contribution >= 0.6 is 11.6 Å². The van der Waals surface area contributed by atoms with Crippen LogP contribution in [0.4, 0.5) is 27.3 Å². The van der Waals surface area contributed by atoms with Gasteiger partial charge in [0.15, 0.2) is 0 Å². The predicted molar refractivity (Wildman–Crippen MR) is 123 cm³/mol. The lowest BCUT2D eigenvalue weighted by Crippen LogP contribution is -2.20. The second kappa shape index (κ2) is 8.20. The number of amides is 1. The van der Waals surface area contributed by atoms with E-state index in [9.17, 15) is 9.18 Å². The summed E-state index contributed by atoms with van der Waals surface area (Å²) in [4.78, 5) is 23.5. The standard InChI is InChI=1S/C23H19ClFN5O/c1-29(13-31)21-12-27-20-7-3-14(15-4-8-22(26)28-11-15)9-17(20)23(21)30(2)16-5-6-19(25)18(24)10-16/h3-13H,1-2H3,(H2,26,28). The summed E-state index contributed by atoms with van der Waals surface area (Å²) in [5.41, 5.74) is 10.3. The first kappa shape index (κ1) is 20.6. The Labute approximate surface area is 183 Å². The van der Waals surface area contributed by atoms with Gasteiger partial charge in [-0.2, -0.15) is 0 Å². The lowest BCUT2D eigenvalue weighted by atomic mass is 10.0. The Bertz CT molecular complexity index is 1280. The summed E-state index contributed by atoms with van der Waals surface area (Å²) >= 11 is 6.01. The fourth-order valence-electron chi connectivity index (χ4n) is 3.41. The minimum absolute atomic E-state index is 0.0154. The van der Waals surface area contributed by atoms with Crippen LogP contribution in [0.5, 0.6) is 0 Å². The van der Waals surface area contributed by atoms with Crippen molar-refractivity contribution in [1.29, 1.82) is 0 Å². The highest BCUT2D eigenvalue weighted by molar-refractivity contribution is 6.31. The molecule has 0 aliphatic rings. The maximum Gasteiger partial charge on any atom is 0.213 e. The van der Waals surface area contributed by atoms with E-state index >= 15 is 0 Å². The van der Waals surface area contributed by atoms with Crippen LogP contribution in [-0.4, -0.2) is 30.5 Å². The van der Waals surface area contributed by atoms with E-state index in [4.69, 9.17) is 17.3 Å². The average Bonchev–Trinajstić information content (AvgIpc) is 2.79. The quantitative estimate of drug-likeness (QED) is 0.445. The van der Waals surface area contributed by atoms with Crippen LogP contribution in [0.2, 0.25) is 5.02 Å². The van der Waals surface area contributed by atoms with Crippen molar-refractivity contribution < 1.29 is 9.18 Å². The van der Waals surface area contributed by atoms with Gasteiger partial charge >= 0.3 is 0 Å². The van der Waals surface area contributed by atoms with Crippen LogP contribution in [0, 0.1) is 5.82 Å². The van der Waals surface area contributed by atoms with Gasteiger partial charge in [0.1, 0.15) is 11.6 Å². The number of rotatable bonds is 5. The Balaban J connectivity index is 1.96. The van der Waals surface area contributed by atoms with Crippen LogP contribution in [0.1, 0.15) is 0 Å². The smallest absolute Gasteiger partial charge is 0.213 e. The summed E-state index contributed by atoms with van der Waals surface area (Å²) in [7, 11) is 3.48. The van der Waals surface area contributed by atoms with Crippen LogP contribution in [0.3, 0.4) is 0 Å². The van der Waals surface area contributed by atoms with E-state index in [1.165, 1.54) is 11.0 Å². The van der Waals surface area contributed by atoms with Gasteiger partial charge in [0.05, 0.1) is 28.1 Å². The molecular weight excluding hydrogens is 417 g/mol. The number of nitrogens with zero attached hydrogens (tertiary/aromatic N) is 4. The molecule has 4 rings (SSSR count). The SMILES string of the molecule is CN(C=O)c1cnc2ccc(-c3ccc(N)nc3)cc2c1N(C)c1ccc(F)c(Cl)c1. The Morgan fingerprint density at radius 2 is 1.77 bits per heavy atom. The van der Waals surface area contributed by atoms with Crippen LogP contribution in [-0.2, 0) is 4.79 Å². The molecule has 2 heterocycles. The number of hydrogen-bond acceptors (Lipinski definition) is 5. The summed E-state index contributed by atoms with van der Waals surface area (Å²) < 4.78 is 13.7. The maximum absolute atomic E-state index is 13.7. The molecular formula is C23H19ClFN5O. The minimum atomic E-state index is -0.498. The summed E-state index contributed by atoms with van der Waals surface area (Å²) in [6, 6.07) is 13.9. The van der Waals surface area contributed by atoms with Gasteiger partial charge in [0.25, 0.3) is 0 Å². The van der Waals surface area contributed by atoms with Crippen molar-refractivity contribution in [3.63, 3.8) is 0 Å². The van der Waals surface area contributed by atoms with E-state index in [0.717, 1.165) is 27.7 Å². The number of benzene rings is 2. The van der Waals surface area contributed by atoms with E-state index in [2.05, 4.69) is 9.97 Å². The van der Waals surface area contributed by atoms with E-state index in [1.54, 1.807) is 37.6 Å². The second-order valence-corrected chi connectivity index (χ2v) is 7.48. The van der Waals surface area contributed by atoms with Crippen molar-refractivity contribution >= 4 is 51.8 Å². The number of pyridine rings is 2. The summed E-state index contributed by atoms with van der Waals surface area (Å²) in [6.07, 6.45) is 4.05. The summed E-state index contributed by atoms with van der Waals surface area (Å²) in [5, 5.41) is 0.824. The normalized spacial score (nSPS) is 10.8. The van der Waals surface area contributed by atoms with Crippen molar-refractivity contribution in [3.8, 4) is 11.1 Å². The zero-order valence-corrected chi connectivity index (χ0v) is 17.6. The third-order valence-electron chi connectivity index (χ3n) is 5.10. The topological polar surface area (TPSA) is 75.3 Å². The molecule has 0 saturated carbocycles. The average molecular weight is 436 g/mol. The molecule has 0 unspecified atom stereocenters. The summed E-state index contributed by atoms with van der Waals surface area (Å²) in [6.45, 7) is 0. The van der Waals surface area contributed by atoms with Crippen molar-refractivity contribution in [2.75, 3.05) is 29.6 Å². The maximum atomic E-state index is 13.7. The van der Waals surface area contributed by atoms with Crippen LogP contribution in [0.15, 0.2) is 60.9 Å². The molecule has 1 amide bonds. The Hall–Kier alpha value is -3.71. The van der Waals surface area contributed by atoms with Gasteiger partial charge in [-0.25, -0.2) is 9.37 Å². The zero-order valence-electron chi connectivity index (χ0n) is 16.9. The highest BCUT2D eigenvalue weighted by Gasteiger charge is 2.19. The molecule has 0 saturated heterocycles. The van der Waals surface area contributed by atoms with Crippen molar-refractivity contribution in [3.05, 3.63) is 71.8 Å². The van der Waals surface area contributed by atoms with Crippen LogP contribution < -0.4 is 15.5 Å². The number of fused-ring (bicyclic) bond motifs is 1. The van der Waals surface area contributed by atoms with Crippen LogP contribution in [0.25, 0.3) is 22.0 Å². The Morgan fingerprint density at radius 3 is 2.45 bits per heavy atom. The molecule has 0 radical (unpaired) electrons. The van der Waals surface area contributed by atoms with Gasteiger partial charge < -0.3 is 15.5 Å². The molecule has 2 aromatic heterocycles. The monoisotopic (exact) mass is 435 g/mol. The molecule has 0 fully saturated rings. The molecule has 2 N–H and O–H groups in total. The first-order valence-electron chi connectivity index (χ1n) is 9.40. The molecule has 0 atom stereocenters. The van der Waals surface area contributed by atoms with Gasteiger partial charge in [0, 0.05) is 36.9 Å². The lowest BCUT2D eigenvalue weighted by molar-refractivity contribution is -0.107. The largest absolute Gasteiger partial charge is 0.384 e. The molecule has 0 bridgehead atoms. The molecule has 31 heavy (non-hydrogen) atoms. The zero-order chi connectivity index (χ0) is 22.1. The molecule has 8 heteroatoms. The number of aromatic nitrogens is 2. The third kappa shape index (κ3) is 3.87. The predicted octanol–water partition coefficient (Wildman–Crippen LogP) is 5.03. The number of anilines is 4. The lowest BCUT2D eigenvalue weighted by Gasteiger charge is -2.27. The Morgan fingerprint density at radius 1 is 1.00 bits per heavy atom. The van der Waals surface area contributed by atoms with Crippen molar-refractivity contribution in [2.45, 2.75) is 0 Å². The number of carbonyl (C=O) groups excluding carboxylic acids is 1. The third-order valence-corrected chi connectivity index (χ3v) is 5.39. The van der Waals surface area contributed by atoms with Gasteiger partial charge in [-0.1, -0.05) is 17.7 Å². The first-order valence-corrected chi connectivity index (χ1v) is 9.78. The highest BCUT2D eigenvalue weighted by atomic mass is 35.5. The Kier molecular flexibility index (Phi) is 5.44. The number of halogens is 2. The van der Waals surface area contributed by atoms with E-state index in [-0.39, 0.29) is 5.02 Å². The van der Waals surface area contributed by atoms with E-state index < -0.39 is 5.82 Å². The van der Waals surface area contributed by atoms with Gasteiger partial charge in [-0.3, -0.25) is 9.78 Å².